The highest BCUT2D eigenvalue weighted by atomic mass is 35.5. The number of aromatic nitrogens is 2. The van der Waals surface area contributed by atoms with E-state index in [1.807, 2.05) is 13.0 Å². The van der Waals surface area contributed by atoms with Crippen LogP contribution in [0.3, 0.4) is 0 Å². The predicted octanol–water partition coefficient (Wildman–Crippen LogP) is 4.17. The van der Waals surface area contributed by atoms with Gasteiger partial charge < -0.3 is 9.73 Å². The molecule has 0 radical (unpaired) electrons. The summed E-state index contributed by atoms with van der Waals surface area (Å²) in [7, 11) is 0. The van der Waals surface area contributed by atoms with Gasteiger partial charge in [0.05, 0.1) is 6.54 Å². The zero-order valence-corrected chi connectivity index (χ0v) is 13.9. The zero-order chi connectivity index (χ0) is 17.1. The van der Waals surface area contributed by atoms with Gasteiger partial charge in [-0.25, -0.2) is 9.42 Å². The standard InChI is InChI=1S/C16H15ClN4O3/c1-10-3-8-14(23-10)9-21(15-11(2)19-24-20-15)16(22)18-13-6-4-12(17)5-7-13/h3-8H,9H2,1-2H3,(H,18,22). The van der Waals surface area contributed by atoms with Crippen molar-refractivity contribution in [1.82, 2.24) is 10.3 Å². The van der Waals surface area contributed by atoms with Gasteiger partial charge in [0.25, 0.3) is 0 Å². The van der Waals surface area contributed by atoms with Gasteiger partial charge in [-0.1, -0.05) is 16.8 Å². The van der Waals surface area contributed by atoms with Crippen molar-refractivity contribution in [2.75, 3.05) is 10.2 Å². The van der Waals surface area contributed by atoms with E-state index in [0.29, 0.717) is 28.0 Å². The Labute approximate surface area is 143 Å². The second-order valence-electron chi connectivity index (χ2n) is 5.21. The molecular formula is C16H15ClN4O3. The van der Waals surface area contributed by atoms with Crippen molar-refractivity contribution in [1.29, 1.82) is 0 Å². The summed E-state index contributed by atoms with van der Waals surface area (Å²) in [5, 5.41) is 10.9. The first kappa shape index (κ1) is 16.1. The van der Waals surface area contributed by atoms with Crippen molar-refractivity contribution in [3.63, 3.8) is 0 Å². The molecular weight excluding hydrogens is 332 g/mol. The lowest BCUT2D eigenvalue weighted by atomic mass is 10.3. The van der Waals surface area contributed by atoms with Gasteiger partial charge in [-0.15, -0.1) is 0 Å². The van der Waals surface area contributed by atoms with Crippen LogP contribution in [-0.4, -0.2) is 16.3 Å². The van der Waals surface area contributed by atoms with Crippen LogP contribution in [0.4, 0.5) is 16.3 Å². The first-order valence-corrected chi connectivity index (χ1v) is 7.59. The Morgan fingerprint density at radius 3 is 2.50 bits per heavy atom. The molecule has 0 fully saturated rings. The minimum Gasteiger partial charge on any atom is -0.464 e. The maximum absolute atomic E-state index is 12.7. The van der Waals surface area contributed by atoms with Gasteiger partial charge in [0.15, 0.2) is 0 Å². The summed E-state index contributed by atoms with van der Waals surface area (Å²) < 4.78 is 10.3. The molecule has 1 aromatic carbocycles. The van der Waals surface area contributed by atoms with E-state index in [4.69, 9.17) is 20.6 Å². The van der Waals surface area contributed by atoms with E-state index in [-0.39, 0.29) is 12.6 Å². The fraction of sp³-hybridized carbons (Fsp3) is 0.188. The number of carbonyl (C=O) groups is 1. The normalized spacial score (nSPS) is 10.6. The van der Waals surface area contributed by atoms with Crippen molar-refractivity contribution in [2.24, 2.45) is 0 Å². The summed E-state index contributed by atoms with van der Waals surface area (Å²) >= 11 is 5.86. The Morgan fingerprint density at radius 1 is 1.17 bits per heavy atom. The van der Waals surface area contributed by atoms with Crippen LogP contribution in [0, 0.1) is 13.8 Å². The van der Waals surface area contributed by atoms with Crippen LogP contribution < -0.4 is 10.2 Å². The number of hydrogen-bond donors (Lipinski definition) is 1. The third kappa shape index (κ3) is 3.57. The van der Waals surface area contributed by atoms with Crippen LogP contribution >= 0.6 is 11.6 Å². The number of nitrogens with zero attached hydrogens (tertiary/aromatic N) is 3. The van der Waals surface area contributed by atoms with E-state index >= 15 is 0 Å². The van der Waals surface area contributed by atoms with Crippen LogP contribution in [0.2, 0.25) is 5.02 Å². The number of amides is 2. The van der Waals surface area contributed by atoms with Crippen molar-refractivity contribution >= 4 is 29.1 Å². The van der Waals surface area contributed by atoms with E-state index in [9.17, 15) is 4.79 Å². The number of urea groups is 1. The molecule has 2 amide bonds. The third-order valence-electron chi connectivity index (χ3n) is 3.33. The minimum absolute atomic E-state index is 0.197. The van der Waals surface area contributed by atoms with Crippen LogP contribution in [-0.2, 0) is 6.54 Å². The molecule has 0 aliphatic carbocycles. The van der Waals surface area contributed by atoms with Crippen molar-refractivity contribution < 1.29 is 13.8 Å². The Kier molecular flexibility index (Phi) is 4.52. The maximum atomic E-state index is 12.7. The maximum Gasteiger partial charge on any atom is 0.328 e. The molecule has 2 heterocycles. The molecule has 3 rings (SSSR count). The first-order chi connectivity index (χ1) is 11.5. The van der Waals surface area contributed by atoms with Gasteiger partial charge in [-0.05, 0) is 55.4 Å². The van der Waals surface area contributed by atoms with Gasteiger partial charge in [-0.2, -0.15) is 0 Å². The van der Waals surface area contributed by atoms with Crippen LogP contribution in [0.15, 0.2) is 45.4 Å². The van der Waals surface area contributed by atoms with Crippen molar-refractivity contribution in [2.45, 2.75) is 20.4 Å². The minimum atomic E-state index is -0.384. The van der Waals surface area contributed by atoms with Gasteiger partial charge in [0, 0.05) is 10.7 Å². The second kappa shape index (κ2) is 6.76. The fourth-order valence-electron chi connectivity index (χ4n) is 2.16. The van der Waals surface area contributed by atoms with E-state index in [1.165, 1.54) is 4.90 Å². The smallest absolute Gasteiger partial charge is 0.328 e. The molecule has 3 aromatic rings. The second-order valence-corrected chi connectivity index (χ2v) is 5.65. The van der Waals surface area contributed by atoms with Gasteiger partial charge >= 0.3 is 6.03 Å². The fourth-order valence-corrected chi connectivity index (χ4v) is 2.29. The first-order valence-electron chi connectivity index (χ1n) is 7.21. The summed E-state index contributed by atoms with van der Waals surface area (Å²) in [6.07, 6.45) is 0. The number of furan rings is 1. The predicted molar refractivity (Wildman–Crippen MR) is 89.1 cm³/mol. The van der Waals surface area contributed by atoms with E-state index in [0.717, 1.165) is 5.76 Å². The lowest BCUT2D eigenvalue weighted by Crippen LogP contribution is -2.35. The average Bonchev–Trinajstić information content (AvgIpc) is 3.15. The van der Waals surface area contributed by atoms with E-state index in [1.54, 1.807) is 37.3 Å². The van der Waals surface area contributed by atoms with Gasteiger partial charge in [0.2, 0.25) is 5.82 Å². The summed E-state index contributed by atoms with van der Waals surface area (Å²) in [6.45, 7) is 3.74. The molecule has 0 bridgehead atoms. The largest absolute Gasteiger partial charge is 0.464 e. The molecule has 0 saturated carbocycles. The molecule has 0 aliphatic rings. The quantitative estimate of drug-likeness (QED) is 0.766. The number of nitrogens with one attached hydrogen (secondary N) is 1. The highest BCUT2D eigenvalue weighted by Gasteiger charge is 2.23. The topological polar surface area (TPSA) is 84.4 Å². The Bertz CT molecular complexity index is 841. The molecule has 0 atom stereocenters. The molecule has 0 saturated heterocycles. The molecule has 1 N–H and O–H groups in total. The number of aryl methyl sites for hydroxylation is 2. The molecule has 8 heteroatoms. The van der Waals surface area contributed by atoms with Crippen LogP contribution in [0.5, 0.6) is 0 Å². The van der Waals surface area contributed by atoms with Crippen LogP contribution in [0.1, 0.15) is 17.2 Å². The Hall–Kier alpha value is -2.80. The number of rotatable bonds is 4. The number of benzene rings is 1. The summed E-state index contributed by atoms with van der Waals surface area (Å²) in [5.74, 6) is 1.72. The number of carbonyl (C=O) groups excluding carboxylic acids is 1. The Balaban J connectivity index is 1.84. The molecule has 2 aromatic heterocycles. The van der Waals surface area contributed by atoms with Crippen molar-refractivity contribution in [3.05, 3.63) is 58.6 Å². The average molecular weight is 347 g/mol. The monoisotopic (exact) mass is 346 g/mol. The molecule has 24 heavy (non-hydrogen) atoms. The highest BCUT2D eigenvalue weighted by Crippen LogP contribution is 2.21. The lowest BCUT2D eigenvalue weighted by Gasteiger charge is -2.19. The molecule has 7 nitrogen and oxygen atoms in total. The molecule has 0 aliphatic heterocycles. The highest BCUT2D eigenvalue weighted by molar-refractivity contribution is 6.30. The number of halogens is 1. The van der Waals surface area contributed by atoms with Gasteiger partial charge in [0.1, 0.15) is 17.2 Å². The Morgan fingerprint density at radius 2 is 1.92 bits per heavy atom. The van der Waals surface area contributed by atoms with E-state index < -0.39 is 0 Å². The van der Waals surface area contributed by atoms with Gasteiger partial charge in [-0.3, -0.25) is 4.90 Å². The number of hydrogen-bond acceptors (Lipinski definition) is 5. The van der Waals surface area contributed by atoms with Crippen molar-refractivity contribution in [3.8, 4) is 0 Å². The number of anilines is 2. The molecule has 0 spiro atoms. The summed E-state index contributed by atoms with van der Waals surface area (Å²) in [4.78, 5) is 14.1. The third-order valence-corrected chi connectivity index (χ3v) is 3.59. The van der Waals surface area contributed by atoms with E-state index in [2.05, 4.69) is 15.6 Å². The molecule has 124 valence electrons. The summed E-state index contributed by atoms with van der Waals surface area (Å²) in [5.41, 5.74) is 1.11. The summed E-state index contributed by atoms with van der Waals surface area (Å²) in [6, 6.07) is 10.1. The lowest BCUT2D eigenvalue weighted by molar-refractivity contribution is 0.255. The van der Waals surface area contributed by atoms with Crippen LogP contribution in [0.25, 0.3) is 0 Å². The SMILES string of the molecule is Cc1ccc(CN(C(=O)Nc2ccc(Cl)cc2)c2nonc2C)o1. The molecule has 0 unspecified atom stereocenters. The zero-order valence-electron chi connectivity index (χ0n) is 13.1.